The van der Waals surface area contributed by atoms with E-state index in [1.54, 1.807) is 48.5 Å². The topological polar surface area (TPSA) is 62.0 Å². The number of carbonyl (C=O) groups excluding carboxylic acids is 1. The van der Waals surface area contributed by atoms with Crippen LogP contribution in [0.1, 0.15) is 21.5 Å². The first-order chi connectivity index (χ1) is 12.3. The highest BCUT2D eigenvalue weighted by molar-refractivity contribution is 6.51. The largest absolute Gasteiger partial charge is 0.507 e. The summed E-state index contributed by atoms with van der Waals surface area (Å²) in [6, 6.07) is 24.9. The van der Waals surface area contributed by atoms with E-state index in [9.17, 15) is 9.90 Å². The average molecular weight is 328 g/mol. The highest BCUT2D eigenvalue weighted by atomic mass is 16.3. The molecule has 0 spiro atoms. The molecule has 0 amide bonds. The number of rotatable bonds is 5. The van der Waals surface area contributed by atoms with Crippen molar-refractivity contribution in [3.63, 3.8) is 0 Å². The zero-order valence-electron chi connectivity index (χ0n) is 13.4. The van der Waals surface area contributed by atoms with Crippen LogP contribution in [0.15, 0.2) is 95.1 Å². The van der Waals surface area contributed by atoms with Crippen molar-refractivity contribution in [1.29, 1.82) is 0 Å². The zero-order chi connectivity index (χ0) is 17.5. The molecule has 0 saturated carbocycles. The lowest BCUT2D eigenvalue weighted by Gasteiger charge is -2.04. The maximum atomic E-state index is 12.8. The molecule has 0 aliphatic heterocycles. The van der Waals surface area contributed by atoms with Gasteiger partial charge in [-0.3, -0.25) is 4.79 Å². The summed E-state index contributed by atoms with van der Waals surface area (Å²) in [5.74, 6) is -0.0988. The Morgan fingerprint density at radius 1 is 0.760 bits per heavy atom. The van der Waals surface area contributed by atoms with Crippen molar-refractivity contribution in [1.82, 2.24) is 0 Å². The minimum Gasteiger partial charge on any atom is -0.507 e. The molecular weight excluding hydrogens is 312 g/mol. The first-order valence-electron chi connectivity index (χ1n) is 7.80. The van der Waals surface area contributed by atoms with Crippen LogP contribution in [0.4, 0.5) is 0 Å². The Morgan fingerprint density at radius 3 is 1.96 bits per heavy atom. The molecule has 122 valence electrons. The van der Waals surface area contributed by atoms with Crippen LogP contribution in [0.25, 0.3) is 0 Å². The second-order valence-corrected chi connectivity index (χ2v) is 5.31. The van der Waals surface area contributed by atoms with E-state index < -0.39 is 0 Å². The fourth-order valence-electron chi connectivity index (χ4n) is 2.30. The quantitative estimate of drug-likeness (QED) is 0.435. The summed E-state index contributed by atoms with van der Waals surface area (Å²) >= 11 is 0. The van der Waals surface area contributed by atoms with Crippen LogP contribution >= 0.6 is 0 Å². The predicted octanol–water partition coefficient (Wildman–Crippen LogP) is 4.10. The molecule has 3 aromatic rings. The lowest BCUT2D eigenvalue weighted by atomic mass is 10.0. The Bertz CT molecular complexity index is 917. The Labute approximate surface area is 145 Å². The average Bonchev–Trinajstić information content (AvgIpc) is 2.67. The summed E-state index contributed by atoms with van der Waals surface area (Å²) in [5, 5.41) is 17.9. The number of aromatic hydroxyl groups is 1. The van der Waals surface area contributed by atoms with Gasteiger partial charge in [-0.05, 0) is 12.1 Å². The first kappa shape index (κ1) is 16.3. The van der Waals surface area contributed by atoms with Crippen LogP contribution in [0.5, 0.6) is 5.75 Å². The van der Waals surface area contributed by atoms with Gasteiger partial charge in [-0.25, -0.2) is 0 Å². The number of para-hydroxylation sites is 1. The molecule has 4 nitrogen and oxygen atoms in total. The molecule has 4 heteroatoms. The van der Waals surface area contributed by atoms with E-state index >= 15 is 0 Å². The number of nitrogens with zero attached hydrogens (tertiary/aromatic N) is 2. The van der Waals surface area contributed by atoms with Gasteiger partial charge in [0.2, 0.25) is 5.78 Å². The summed E-state index contributed by atoms with van der Waals surface area (Å²) < 4.78 is 0. The molecule has 3 rings (SSSR count). The van der Waals surface area contributed by atoms with Crippen LogP contribution in [0.3, 0.4) is 0 Å². The molecule has 0 heterocycles. The molecule has 0 atom stereocenters. The van der Waals surface area contributed by atoms with Crippen LogP contribution in [0, 0.1) is 0 Å². The molecule has 1 N–H and O–H groups in total. The smallest absolute Gasteiger partial charge is 0.213 e. The van der Waals surface area contributed by atoms with Crippen molar-refractivity contribution in [3.05, 3.63) is 102 Å². The van der Waals surface area contributed by atoms with Crippen molar-refractivity contribution in [2.24, 2.45) is 10.2 Å². The molecule has 25 heavy (non-hydrogen) atoms. The summed E-state index contributed by atoms with van der Waals surface area (Å²) in [6.45, 7) is 0. The van der Waals surface area contributed by atoms with Crippen LogP contribution < -0.4 is 0 Å². The second-order valence-electron chi connectivity index (χ2n) is 5.31. The summed E-state index contributed by atoms with van der Waals surface area (Å²) in [6.07, 6.45) is 1.43. The number of phenolic OH excluding ortho intramolecular Hbond substituents is 1. The zero-order valence-corrected chi connectivity index (χ0v) is 13.4. The van der Waals surface area contributed by atoms with E-state index in [1.165, 1.54) is 6.21 Å². The molecule has 0 unspecified atom stereocenters. The van der Waals surface area contributed by atoms with Crippen molar-refractivity contribution < 1.29 is 9.90 Å². The maximum Gasteiger partial charge on any atom is 0.213 e. The minimum absolute atomic E-state index is 0.108. The molecular formula is C21H16N2O2. The monoisotopic (exact) mass is 328 g/mol. The van der Waals surface area contributed by atoms with E-state index in [0.29, 0.717) is 16.7 Å². The lowest BCUT2D eigenvalue weighted by Crippen LogP contribution is -2.15. The van der Waals surface area contributed by atoms with Gasteiger partial charge in [-0.1, -0.05) is 72.8 Å². The molecule has 0 saturated heterocycles. The molecule has 0 radical (unpaired) electrons. The SMILES string of the molecule is O=C(C(=N/N=C/c1ccccc1O)c1ccccc1)c1ccccc1. The van der Waals surface area contributed by atoms with Gasteiger partial charge in [0.1, 0.15) is 11.5 Å². The molecule has 0 aromatic heterocycles. The highest BCUT2D eigenvalue weighted by Gasteiger charge is 2.15. The van der Waals surface area contributed by atoms with E-state index in [1.807, 2.05) is 36.4 Å². The minimum atomic E-state index is -0.207. The van der Waals surface area contributed by atoms with Gasteiger partial charge >= 0.3 is 0 Å². The summed E-state index contributed by atoms with van der Waals surface area (Å²) in [7, 11) is 0. The molecule has 0 aliphatic carbocycles. The number of benzene rings is 3. The van der Waals surface area contributed by atoms with Gasteiger partial charge in [0.15, 0.2) is 0 Å². The predicted molar refractivity (Wildman–Crippen MR) is 99.5 cm³/mol. The number of hydrogen-bond donors (Lipinski definition) is 1. The number of Topliss-reactive ketones (excluding diaryl/α,β-unsaturated/α-hetero) is 1. The van der Waals surface area contributed by atoms with Crippen LogP contribution in [-0.2, 0) is 0 Å². The van der Waals surface area contributed by atoms with E-state index in [0.717, 1.165) is 0 Å². The second kappa shape index (κ2) is 7.84. The van der Waals surface area contributed by atoms with Crippen molar-refractivity contribution in [3.8, 4) is 5.75 Å². The molecule has 0 fully saturated rings. The van der Waals surface area contributed by atoms with Crippen molar-refractivity contribution >= 4 is 17.7 Å². The molecule has 3 aromatic carbocycles. The van der Waals surface area contributed by atoms with E-state index in [-0.39, 0.29) is 17.2 Å². The van der Waals surface area contributed by atoms with Crippen molar-refractivity contribution in [2.75, 3.05) is 0 Å². The third-order valence-electron chi connectivity index (χ3n) is 3.59. The number of ketones is 1. The highest BCUT2D eigenvalue weighted by Crippen LogP contribution is 2.13. The normalized spacial score (nSPS) is 11.6. The number of carbonyl (C=O) groups is 1. The number of phenols is 1. The van der Waals surface area contributed by atoms with E-state index in [2.05, 4.69) is 10.2 Å². The summed E-state index contributed by atoms with van der Waals surface area (Å²) in [4.78, 5) is 12.8. The number of hydrogen-bond acceptors (Lipinski definition) is 4. The van der Waals surface area contributed by atoms with Gasteiger partial charge in [0.25, 0.3) is 0 Å². The standard InChI is InChI=1S/C21H16N2O2/c24-19-14-8-7-13-18(19)15-22-23-20(16-9-3-1-4-10-16)21(25)17-11-5-2-6-12-17/h1-15,24H/b22-15+,23-20?. The van der Waals surface area contributed by atoms with Crippen LogP contribution in [-0.4, -0.2) is 22.8 Å². The summed E-state index contributed by atoms with van der Waals surface area (Å²) in [5.41, 5.74) is 2.01. The van der Waals surface area contributed by atoms with Gasteiger partial charge in [-0.2, -0.15) is 5.10 Å². The Balaban J connectivity index is 1.97. The maximum absolute atomic E-state index is 12.8. The van der Waals surface area contributed by atoms with Crippen molar-refractivity contribution in [2.45, 2.75) is 0 Å². The molecule has 0 aliphatic rings. The Morgan fingerprint density at radius 2 is 1.32 bits per heavy atom. The third-order valence-corrected chi connectivity index (χ3v) is 3.59. The van der Waals surface area contributed by atoms with Gasteiger partial charge in [-0.15, -0.1) is 5.10 Å². The van der Waals surface area contributed by atoms with Gasteiger partial charge in [0.05, 0.1) is 6.21 Å². The van der Waals surface area contributed by atoms with Crippen LogP contribution in [0.2, 0.25) is 0 Å². The van der Waals surface area contributed by atoms with Gasteiger partial charge < -0.3 is 5.11 Å². The van der Waals surface area contributed by atoms with E-state index in [4.69, 9.17) is 0 Å². The fraction of sp³-hybridized carbons (Fsp3) is 0. The lowest BCUT2D eigenvalue weighted by molar-refractivity contribution is 0.106. The first-order valence-corrected chi connectivity index (χ1v) is 7.80. The Kier molecular flexibility index (Phi) is 5.12. The third kappa shape index (κ3) is 4.06. The van der Waals surface area contributed by atoms with Gasteiger partial charge in [0, 0.05) is 16.7 Å². The Hall–Kier alpha value is -3.53. The fourth-order valence-corrected chi connectivity index (χ4v) is 2.30. The molecule has 0 bridgehead atoms.